The summed E-state index contributed by atoms with van der Waals surface area (Å²) in [6, 6.07) is 9.33. The summed E-state index contributed by atoms with van der Waals surface area (Å²) < 4.78 is 2.02. The van der Waals surface area contributed by atoms with Gasteiger partial charge in [-0.1, -0.05) is 38.1 Å². The number of fused-ring (bicyclic) bond motifs is 1. The number of rotatable bonds is 5. The summed E-state index contributed by atoms with van der Waals surface area (Å²) >= 11 is 0. The largest absolute Gasteiger partial charge is 0.307 e. The summed E-state index contributed by atoms with van der Waals surface area (Å²) in [7, 11) is 0. The molecule has 1 aliphatic rings. The lowest BCUT2D eigenvalue weighted by Gasteiger charge is -2.25. The highest BCUT2D eigenvalue weighted by Crippen LogP contribution is 2.21. The van der Waals surface area contributed by atoms with Crippen molar-refractivity contribution in [1.82, 2.24) is 20.1 Å². The number of nitrogens with zero attached hydrogens (tertiary/aromatic N) is 3. The van der Waals surface area contributed by atoms with Crippen LogP contribution in [0.1, 0.15) is 37.2 Å². The third kappa shape index (κ3) is 3.50. The molecule has 1 aliphatic carbocycles. The summed E-state index contributed by atoms with van der Waals surface area (Å²) in [6.45, 7) is 6.15. The van der Waals surface area contributed by atoms with Crippen molar-refractivity contribution in [3.8, 4) is 0 Å². The van der Waals surface area contributed by atoms with Gasteiger partial charge in [-0.05, 0) is 36.3 Å². The number of nitrogens with one attached hydrogen (secondary N) is 1. The predicted molar refractivity (Wildman–Crippen MR) is 84.0 cm³/mol. The van der Waals surface area contributed by atoms with Gasteiger partial charge in [0, 0.05) is 12.6 Å². The highest BCUT2D eigenvalue weighted by atomic mass is 15.3. The first kappa shape index (κ1) is 14.3. The van der Waals surface area contributed by atoms with Gasteiger partial charge in [-0.25, -0.2) is 9.67 Å². The minimum absolute atomic E-state index is 0.545. The molecule has 1 atom stereocenters. The van der Waals surface area contributed by atoms with Crippen LogP contribution in [-0.4, -0.2) is 20.8 Å². The summed E-state index contributed by atoms with van der Waals surface area (Å²) in [5.41, 5.74) is 3.00. The van der Waals surface area contributed by atoms with E-state index in [0.717, 1.165) is 25.3 Å². The first-order chi connectivity index (χ1) is 10.2. The average Bonchev–Trinajstić information content (AvgIpc) is 2.91. The molecule has 4 heteroatoms. The van der Waals surface area contributed by atoms with Crippen molar-refractivity contribution in [2.45, 2.75) is 52.2 Å². The van der Waals surface area contributed by atoms with E-state index in [1.165, 1.54) is 24.0 Å². The Morgan fingerprint density at radius 3 is 2.90 bits per heavy atom. The van der Waals surface area contributed by atoms with Gasteiger partial charge < -0.3 is 5.32 Å². The Bertz CT molecular complexity index is 588. The zero-order valence-electron chi connectivity index (χ0n) is 12.9. The van der Waals surface area contributed by atoms with Crippen LogP contribution < -0.4 is 5.32 Å². The van der Waals surface area contributed by atoms with E-state index in [2.05, 4.69) is 53.5 Å². The van der Waals surface area contributed by atoms with Crippen LogP contribution in [-0.2, 0) is 25.9 Å². The van der Waals surface area contributed by atoms with Crippen LogP contribution in [0.5, 0.6) is 0 Å². The van der Waals surface area contributed by atoms with Gasteiger partial charge in [-0.15, -0.1) is 0 Å². The number of hydrogen-bond acceptors (Lipinski definition) is 3. The van der Waals surface area contributed by atoms with E-state index in [-0.39, 0.29) is 0 Å². The molecule has 0 aliphatic heterocycles. The quantitative estimate of drug-likeness (QED) is 0.917. The van der Waals surface area contributed by atoms with E-state index in [9.17, 15) is 0 Å². The van der Waals surface area contributed by atoms with Gasteiger partial charge in [0.15, 0.2) is 0 Å². The van der Waals surface area contributed by atoms with E-state index in [0.29, 0.717) is 12.0 Å². The topological polar surface area (TPSA) is 42.7 Å². The smallest absolute Gasteiger partial charge is 0.140 e. The van der Waals surface area contributed by atoms with E-state index in [1.807, 2.05) is 4.68 Å². The van der Waals surface area contributed by atoms with Crippen molar-refractivity contribution in [2.75, 3.05) is 0 Å². The van der Waals surface area contributed by atoms with Gasteiger partial charge in [0.05, 0.1) is 6.54 Å². The molecule has 0 bridgehead atoms. The number of aryl methyl sites for hydroxylation is 1. The Morgan fingerprint density at radius 2 is 2.10 bits per heavy atom. The van der Waals surface area contributed by atoms with Crippen molar-refractivity contribution in [1.29, 1.82) is 0 Å². The molecule has 1 heterocycles. The molecule has 1 aromatic heterocycles. The van der Waals surface area contributed by atoms with Gasteiger partial charge >= 0.3 is 0 Å². The van der Waals surface area contributed by atoms with Crippen molar-refractivity contribution in [3.05, 3.63) is 47.5 Å². The minimum atomic E-state index is 0.545. The van der Waals surface area contributed by atoms with Crippen LogP contribution >= 0.6 is 0 Å². The first-order valence-corrected chi connectivity index (χ1v) is 7.89. The van der Waals surface area contributed by atoms with Crippen molar-refractivity contribution in [2.24, 2.45) is 5.92 Å². The maximum Gasteiger partial charge on any atom is 0.140 e. The summed E-state index contributed by atoms with van der Waals surface area (Å²) in [6.07, 6.45) is 5.16. The molecule has 1 unspecified atom stereocenters. The third-order valence-electron chi connectivity index (χ3n) is 4.13. The Balaban J connectivity index is 1.58. The lowest BCUT2D eigenvalue weighted by atomic mass is 9.88. The number of benzene rings is 1. The molecule has 0 saturated carbocycles. The standard InChI is InChI=1S/C17H24N4/c1-13(2)11-21-17(19-12-20-21)10-18-16-8-7-14-5-3-4-6-15(14)9-16/h3-6,12-13,16,18H,7-11H2,1-2H3. The molecular formula is C17H24N4. The van der Waals surface area contributed by atoms with Crippen molar-refractivity contribution in [3.63, 3.8) is 0 Å². The van der Waals surface area contributed by atoms with Gasteiger partial charge in [-0.3, -0.25) is 0 Å². The Hall–Kier alpha value is -1.68. The molecule has 1 aromatic carbocycles. The van der Waals surface area contributed by atoms with E-state index in [1.54, 1.807) is 6.33 Å². The molecule has 21 heavy (non-hydrogen) atoms. The van der Waals surface area contributed by atoms with Crippen LogP contribution in [0.25, 0.3) is 0 Å². The molecule has 0 spiro atoms. The molecule has 2 aromatic rings. The fraction of sp³-hybridized carbons (Fsp3) is 0.529. The Morgan fingerprint density at radius 1 is 1.29 bits per heavy atom. The van der Waals surface area contributed by atoms with Crippen molar-refractivity contribution >= 4 is 0 Å². The fourth-order valence-corrected chi connectivity index (χ4v) is 3.03. The molecule has 1 N–H and O–H groups in total. The van der Waals surface area contributed by atoms with Gasteiger partial charge in [0.1, 0.15) is 12.2 Å². The normalized spacial score (nSPS) is 18.0. The second-order valence-corrected chi connectivity index (χ2v) is 6.34. The monoisotopic (exact) mass is 284 g/mol. The third-order valence-corrected chi connectivity index (χ3v) is 4.13. The molecule has 0 amide bonds. The second-order valence-electron chi connectivity index (χ2n) is 6.34. The average molecular weight is 284 g/mol. The van der Waals surface area contributed by atoms with Crippen LogP contribution in [0, 0.1) is 5.92 Å². The molecule has 0 radical (unpaired) electrons. The highest BCUT2D eigenvalue weighted by Gasteiger charge is 2.18. The summed E-state index contributed by atoms with van der Waals surface area (Å²) in [5, 5.41) is 7.98. The second kappa shape index (κ2) is 6.39. The van der Waals surface area contributed by atoms with Gasteiger partial charge in [0.2, 0.25) is 0 Å². The van der Waals surface area contributed by atoms with Crippen LogP contribution in [0.4, 0.5) is 0 Å². The lowest BCUT2D eigenvalue weighted by Crippen LogP contribution is -2.35. The summed E-state index contributed by atoms with van der Waals surface area (Å²) in [5.74, 6) is 1.63. The van der Waals surface area contributed by atoms with E-state index >= 15 is 0 Å². The van der Waals surface area contributed by atoms with E-state index in [4.69, 9.17) is 0 Å². The SMILES string of the molecule is CC(C)Cn1ncnc1CNC1CCc2ccccc2C1. The molecule has 3 rings (SSSR count). The van der Waals surface area contributed by atoms with Crippen molar-refractivity contribution < 1.29 is 0 Å². The molecule has 0 fully saturated rings. The van der Waals surface area contributed by atoms with Gasteiger partial charge in [-0.2, -0.15) is 5.10 Å². The number of hydrogen-bond donors (Lipinski definition) is 1. The Labute approximate surface area is 126 Å². The fourth-order valence-electron chi connectivity index (χ4n) is 3.03. The zero-order valence-corrected chi connectivity index (χ0v) is 12.9. The maximum atomic E-state index is 4.39. The molecule has 112 valence electrons. The highest BCUT2D eigenvalue weighted by molar-refractivity contribution is 5.30. The van der Waals surface area contributed by atoms with Crippen LogP contribution in [0.2, 0.25) is 0 Å². The first-order valence-electron chi connectivity index (χ1n) is 7.89. The number of aromatic nitrogens is 3. The Kier molecular flexibility index (Phi) is 4.34. The summed E-state index contributed by atoms with van der Waals surface area (Å²) in [4.78, 5) is 4.39. The minimum Gasteiger partial charge on any atom is -0.307 e. The predicted octanol–water partition coefficient (Wildman–Crippen LogP) is 2.58. The molecule has 0 saturated heterocycles. The van der Waals surface area contributed by atoms with Crippen LogP contribution in [0.15, 0.2) is 30.6 Å². The lowest BCUT2D eigenvalue weighted by molar-refractivity contribution is 0.421. The van der Waals surface area contributed by atoms with E-state index < -0.39 is 0 Å². The van der Waals surface area contributed by atoms with Gasteiger partial charge in [0.25, 0.3) is 0 Å². The zero-order chi connectivity index (χ0) is 14.7. The maximum absolute atomic E-state index is 4.39. The molecule has 4 nitrogen and oxygen atoms in total. The van der Waals surface area contributed by atoms with Crippen LogP contribution in [0.3, 0.4) is 0 Å². The molecular weight excluding hydrogens is 260 g/mol.